The number of hydrogen-bond acceptors (Lipinski definition) is 5. The van der Waals surface area contributed by atoms with Crippen molar-refractivity contribution in [2.45, 2.75) is 104 Å². The number of carbonyl (C=O) groups excluding carboxylic acids is 1. The minimum atomic E-state index is -0.126. The van der Waals surface area contributed by atoms with E-state index >= 15 is 0 Å². The first-order chi connectivity index (χ1) is 16.8. The third-order valence-electron chi connectivity index (χ3n) is 5.84. The summed E-state index contributed by atoms with van der Waals surface area (Å²) in [6.07, 6.45) is 16.7. The van der Waals surface area contributed by atoms with Gasteiger partial charge < -0.3 is 18.9 Å². The van der Waals surface area contributed by atoms with Crippen LogP contribution in [0.25, 0.3) is 0 Å². The maximum atomic E-state index is 11.6. The zero-order valence-corrected chi connectivity index (χ0v) is 22.0. The van der Waals surface area contributed by atoms with Crippen LogP contribution in [0.4, 0.5) is 0 Å². The van der Waals surface area contributed by atoms with Gasteiger partial charge in [-0.1, -0.05) is 90.2 Å². The monoisotopic (exact) mass is 478 g/mol. The predicted molar refractivity (Wildman–Crippen MR) is 140 cm³/mol. The minimum Gasteiger partial charge on any atom is -0.491 e. The van der Waals surface area contributed by atoms with Gasteiger partial charge in [-0.3, -0.25) is 4.79 Å². The molecule has 0 saturated carbocycles. The highest BCUT2D eigenvalue weighted by atomic mass is 16.6. The Morgan fingerprint density at radius 1 is 0.618 bits per heavy atom. The molecule has 5 heteroatoms. The standard InChI is InChI=1S/C29H50O5/c1-3-5-7-9-10-12-13-15-27-17-19-28(20-18-27)33-25-23-31-21-22-32-24-26-34-29(30)16-14-11-8-6-4-2/h17-20H,3-16,21-26H2,1-2H3. The van der Waals surface area contributed by atoms with Gasteiger partial charge >= 0.3 is 5.97 Å². The van der Waals surface area contributed by atoms with Gasteiger partial charge in [-0.2, -0.15) is 0 Å². The van der Waals surface area contributed by atoms with Crippen molar-refractivity contribution < 1.29 is 23.7 Å². The third kappa shape index (κ3) is 18.8. The highest BCUT2D eigenvalue weighted by Crippen LogP contribution is 2.15. The molecule has 0 bridgehead atoms. The number of ether oxygens (including phenoxy) is 4. The summed E-state index contributed by atoms with van der Waals surface area (Å²) in [6.45, 7) is 7.21. The molecule has 0 amide bonds. The molecule has 0 fully saturated rings. The Labute approximate surface area is 208 Å². The molecule has 1 aromatic carbocycles. The van der Waals surface area contributed by atoms with E-state index in [1.807, 2.05) is 12.1 Å². The van der Waals surface area contributed by atoms with E-state index in [1.165, 1.54) is 69.8 Å². The molecule has 0 aliphatic carbocycles. The quantitative estimate of drug-likeness (QED) is 0.115. The molecule has 0 N–H and O–H groups in total. The summed E-state index contributed by atoms with van der Waals surface area (Å²) < 4.78 is 21.9. The SMILES string of the molecule is CCCCCCCCCc1ccc(OCCOCCOCCOC(=O)CCCCCCC)cc1. The number of hydrogen-bond donors (Lipinski definition) is 0. The van der Waals surface area contributed by atoms with Crippen LogP contribution < -0.4 is 4.74 Å². The summed E-state index contributed by atoms with van der Waals surface area (Å²) in [5.41, 5.74) is 1.38. The van der Waals surface area contributed by atoms with Crippen molar-refractivity contribution in [3.05, 3.63) is 29.8 Å². The Morgan fingerprint density at radius 3 is 1.79 bits per heavy atom. The number of carbonyl (C=O) groups is 1. The minimum absolute atomic E-state index is 0.126. The first-order valence-corrected chi connectivity index (χ1v) is 13.8. The van der Waals surface area contributed by atoms with E-state index < -0.39 is 0 Å². The summed E-state index contributed by atoms with van der Waals surface area (Å²) in [5.74, 6) is 0.759. The lowest BCUT2D eigenvalue weighted by Gasteiger charge is -2.09. The van der Waals surface area contributed by atoms with Crippen LogP contribution in [-0.4, -0.2) is 45.6 Å². The summed E-state index contributed by atoms with van der Waals surface area (Å²) in [4.78, 5) is 11.6. The lowest BCUT2D eigenvalue weighted by atomic mass is 10.0. The fourth-order valence-corrected chi connectivity index (χ4v) is 3.74. The Hall–Kier alpha value is -1.59. The molecule has 1 rings (SSSR count). The van der Waals surface area contributed by atoms with Crippen LogP contribution in [0.2, 0.25) is 0 Å². The van der Waals surface area contributed by atoms with Gasteiger partial charge in [0.2, 0.25) is 0 Å². The van der Waals surface area contributed by atoms with E-state index in [0.29, 0.717) is 46.1 Å². The number of esters is 1. The average Bonchev–Trinajstić information content (AvgIpc) is 2.85. The van der Waals surface area contributed by atoms with Gasteiger partial charge in [-0.15, -0.1) is 0 Å². The molecular weight excluding hydrogens is 428 g/mol. The summed E-state index contributed by atoms with van der Waals surface area (Å²) in [5, 5.41) is 0. The third-order valence-corrected chi connectivity index (χ3v) is 5.84. The molecule has 0 aromatic heterocycles. The molecule has 0 saturated heterocycles. The molecule has 1 aromatic rings. The topological polar surface area (TPSA) is 54.0 Å². The maximum absolute atomic E-state index is 11.6. The molecule has 0 aliphatic heterocycles. The lowest BCUT2D eigenvalue weighted by molar-refractivity contribution is -0.145. The second-order valence-corrected chi connectivity index (χ2v) is 8.97. The molecule has 0 spiro atoms. The van der Waals surface area contributed by atoms with Crippen LogP contribution in [0.3, 0.4) is 0 Å². The highest BCUT2D eigenvalue weighted by molar-refractivity contribution is 5.69. The first-order valence-electron chi connectivity index (χ1n) is 13.8. The van der Waals surface area contributed by atoms with Crippen molar-refractivity contribution in [1.82, 2.24) is 0 Å². The lowest BCUT2D eigenvalue weighted by Crippen LogP contribution is -2.14. The largest absolute Gasteiger partial charge is 0.491 e. The van der Waals surface area contributed by atoms with E-state index in [4.69, 9.17) is 18.9 Å². The molecule has 0 unspecified atom stereocenters. The van der Waals surface area contributed by atoms with Crippen molar-refractivity contribution in [3.8, 4) is 5.75 Å². The smallest absolute Gasteiger partial charge is 0.305 e. The number of rotatable bonds is 24. The summed E-state index contributed by atoms with van der Waals surface area (Å²) in [6, 6.07) is 8.43. The summed E-state index contributed by atoms with van der Waals surface area (Å²) >= 11 is 0. The number of aryl methyl sites for hydroxylation is 1. The van der Waals surface area contributed by atoms with Gasteiger partial charge in [0.15, 0.2) is 0 Å². The Kier molecular flexibility index (Phi) is 20.7. The first kappa shape index (κ1) is 30.4. The van der Waals surface area contributed by atoms with Crippen molar-refractivity contribution >= 4 is 5.97 Å². The highest BCUT2D eigenvalue weighted by Gasteiger charge is 2.02. The van der Waals surface area contributed by atoms with Crippen LogP contribution in [0, 0.1) is 0 Å². The summed E-state index contributed by atoms with van der Waals surface area (Å²) in [7, 11) is 0. The Morgan fingerprint density at radius 2 is 1.15 bits per heavy atom. The van der Waals surface area contributed by atoms with E-state index in [0.717, 1.165) is 25.0 Å². The van der Waals surface area contributed by atoms with E-state index in [2.05, 4.69) is 26.0 Å². The molecule has 0 heterocycles. The van der Waals surface area contributed by atoms with Crippen LogP contribution in [0.5, 0.6) is 5.75 Å². The van der Waals surface area contributed by atoms with Crippen LogP contribution in [-0.2, 0) is 25.4 Å². The van der Waals surface area contributed by atoms with E-state index in [9.17, 15) is 4.79 Å². The predicted octanol–water partition coefficient (Wildman–Crippen LogP) is 7.30. The van der Waals surface area contributed by atoms with E-state index in [1.54, 1.807) is 0 Å². The van der Waals surface area contributed by atoms with Crippen molar-refractivity contribution in [2.24, 2.45) is 0 Å². The van der Waals surface area contributed by atoms with Crippen molar-refractivity contribution in [3.63, 3.8) is 0 Å². The fourth-order valence-electron chi connectivity index (χ4n) is 3.74. The maximum Gasteiger partial charge on any atom is 0.305 e. The van der Waals surface area contributed by atoms with Crippen LogP contribution in [0.1, 0.15) is 103 Å². The van der Waals surface area contributed by atoms with Crippen LogP contribution in [0.15, 0.2) is 24.3 Å². The van der Waals surface area contributed by atoms with Gasteiger partial charge in [0, 0.05) is 6.42 Å². The Bertz CT molecular complexity index is 572. The van der Waals surface area contributed by atoms with Gasteiger partial charge in [-0.25, -0.2) is 0 Å². The van der Waals surface area contributed by atoms with Crippen molar-refractivity contribution in [2.75, 3.05) is 39.6 Å². The number of unbranched alkanes of at least 4 members (excludes halogenated alkanes) is 10. The number of benzene rings is 1. The van der Waals surface area contributed by atoms with Gasteiger partial charge in [0.25, 0.3) is 0 Å². The zero-order valence-electron chi connectivity index (χ0n) is 22.0. The molecular formula is C29H50O5. The van der Waals surface area contributed by atoms with Gasteiger partial charge in [0.1, 0.15) is 19.0 Å². The second-order valence-electron chi connectivity index (χ2n) is 8.97. The molecule has 34 heavy (non-hydrogen) atoms. The fraction of sp³-hybridized carbons (Fsp3) is 0.759. The van der Waals surface area contributed by atoms with Gasteiger partial charge in [-0.05, 0) is 37.0 Å². The zero-order chi connectivity index (χ0) is 24.5. The normalized spacial score (nSPS) is 11.0. The Balaban J connectivity index is 1.89. The van der Waals surface area contributed by atoms with Crippen LogP contribution >= 0.6 is 0 Å². The van der Waals surface area contributed by atoms with E-state index in [-0.39, 0.29) is 5.97 Å². The molecule has 0 aliphatic rings. The second kappa shape index (κ2) is 23.2. The molecule has 0 atom stereocenters. The van der Waals surface area contributed by atoms with Crippen molar-refractivity contribution in [1.29, 1.82) is 0 Å². The van der Waals surface area contributed by atoms with Gasteiger partial charge in [0.05, 0.1) is 26.4 Å². The molecule has 0 radical (unpaired) electrons. The molecule has 196 valence electrons. The average molecular weight is 479 g/mol. The molecule has 5 nitrogen and oxygen atoms in total.